The van der Waals surface area contributed by atoms with Gasteiger partial charge in [0, 0.05) is 0 Å². The molecule has 0 aromatic carbocycles. The van der Waals surface area contributed by atoms with Gasteiger partial charge in [-0.05, 0) is 65.8 Å². The van der Waals surface area contributed by atoms with Crippen molar-refractivity contribution in [1.82, 2.24) is 0 Å². The molecule has 23 heavy (non-hydrogen) atoms. The zero-order chi connectivity index (χ0) is 18.2. The van der Waals surface area contributed by atoms with Crippen LogP contribution in [0.3, 0.4) is 0 Å². The van der Waals surface area contributed by atoms with Crippen molar-refractivity contribution in [3.05, 3.63) is 0 Å². The Balaban J connectivity index is 3.13. The van der Waals surface area contributed by atoms with Crippen LogP contribution in [0, 0.1) is 0 Å². The summed E-state index contributed by atoms with van der Waals surface area (Å²) in [6.07, 6.45) is -2.19. The van der Waals surface area contributed by atoms with Gasteiger partial charge in [-0.15, -0.1) is 0 Å². The first-order chi connectivity index (χ1) is 10.1. The Morgan fingerprint density at radius 1 is 0.652 bits per heavy atom. The zero-order valence-electron chi connectivity index (χ0n) is 16.5. The summed E-state index contributed by atoms with van der Waals surface area (Å²) in [5.74, 6) is 0. The molecule has 0 bridgehead atoms. The van der Waals surface area contributed by atoms with Crippen LogP contribution < -0.4 is 0 Å². The van der Waals surface area contributed by atoms with E-state index in [9.17, 15) is 5.11 Å². The number of aliphatic hydroxyl groups is 1. The lowest BCUT2D eigenvalue weighted by molar-refractivity contribution is -0.266. The smallest absolute Gasteiger partial charge is 0.184 e. The highest BCUT2D eigenvalue weighted by Crippen LogP contribution is 2.32. The van der Waals surface area contributed by atoms with Gasteiger partial charge in [-0.3, -0.25) is 0 Å². The van der Waals surface area contributed by atoms with Crippen LogP contribution in [0.25, 0.3) is 0 Å². The van der Waals surface area contributed by atoms with Crippen molar-refractivity contribution in [1.29, 1.82) is 0 Å². The van der Waals surface area contributed by atoms with Crippen LogP contribution in [0.4, 0.5) is 0 Å². The summed E-state index contributed by atoms with van der Waals surface area (Å²) < 4.78 is 24.8. The summed E-state index contributed by atoms with van der Waals surface area (Å²) in [4.78, 5) is 0. The van der Waals surface area contributed by atoms with Gasteiger partial charge < -0.3 is 23.1 Å². The molecule has 5 atom stereocenters. The number of hydrogen-bond acceptors (Lipinski definition) is 5. The minimum absolute atomic E-state index is 0.210. The number of rotatable bonds is 6. The Kier molecular flexibility index (Phi) is 6.88. The molecule has 138 valence electrons. The summed E-state index contributed by atoms with van der Waals surface area (Å²) in [6, 6.07) is 0. The fourth-order valence-electron chi connectivity index (χ4n) is 2.64. The van der Waals surface area contributed by atoms with E-state index in [1.54, 1.807) is 0 Å². The molecule has 0 radical (unpaired) electrons. The Hall–Kier alpha value is 0.451. The van der Waals surface area contributed by atoms with E-state index in [0.29, 0.717) is 0 Å². The Morgan fingerprint density at radius 2 is 1.00 bits per heavy atom. The molecule has 8 heteroatoms. The fourth-order valence-corrected chi connectivity index (χ4v) is 5.93. The molecule has 1 saturated heterocycles. The van der Waals surface area contributed by atoms with Crippen LogP contribution >= 0.6 is 0 Å². The minimum Gasteiger partial charge on any atom is -0.409 e. The van der Waals surface area contributed by atoms with Crippen molar-refractivity contribution in [2.45, 2.75) is 96.6 Å². The lowest BCUT2D eigenvalue weighted by Crippen LogP contribution is -2.64. The van der Waals surface area contributed by atoms with Crippen LogP contribution in [0.15, 0.2) is 0 Å². The van der Waals surface area contributed by atoms with Crippen molar-refractivity contribution < 1.29 is 23.1 Å². The van der Waals surface area contributed by atoms with Gasteiger partial charge in [-0.2, -0.15) is 0 Å². The second-order valence-corrected chi connectivity index (χ2v) is 22.7. The zero-order valence-corrected chi connectivity index (χ0v) is 19.5. The summed E-state index contributed by atoms with van der Waals surface area (Å²) >= 11 is 0. The summed E-state index contributed by atoms with van der Waals surface area (Å²) in [5.41, 5.74) is 0. The summed E-state index contributed by atoms with van der Waals surface area (Å²) in [6.45, 7) is 21.2. The van der Waals surface area contributed by atoms with E-state index in [-0.39, 0.29) is 18.3 Å². The van der Waals surface area contributed by atoms with Gasteiger partial charge in [0.1, 0.15) is 12.2 Å². The van der Waals surface area contributed by atoms with Gasteiger partial charge in [0.05, 0.1) is 12.2 Å². The minimum atomic E-state index is -1.86. The van der Waals surface area contributed by atoms with E-state index in [0.717, 1.165) is 0 Å². The molecule has 0 amide bonds. The van der Waals surface area contributed by atoms with E-state index in [1.807, 2.05) is 6.92 Å². The molecular weight excluding hydrogens is 344 g/mol. The Morgan fingerprint density at radius 3 is 1.39 bits per heavy atom. The first-order valence-corrected chi connectivity index (χ1v) is 18.7. The molecule has 0 aromatic rings. The molecule has 0 aliphatic carbocycles. The largest absolute Gasteiger partial charge is 0.409 e. The van der Waals surface area contributed by atoms with Gasteiger partial charge in [0.2, 0.25) is 0 Å². The highest BCUT2D eigenvalue weighted by molar-refractivity contribution is 6.70. The van der Waals surface area contributed by atoms with Crippen LogP contribution in [-0.2, 0) is 18.0 Å². The van der Waals surface area contributed by atoms with Crippen LogP contribution in [0.2, 0.25) is 58.9 Å². The third kappa shape index (κ3) is 7.47. The van der Waals surface area contributed by atoms with Gasteiger partial charge in [-0.25, -0.2) is 0 Å². The SMILES string of the molecule is C[C@H]1OC(O)[C@@H](O[Si](C)(C)C)[C@@H](O[Si](C)(C)C)[C@@H]1O[Si](C)(C)C. The fraction of sp³-hybridized carbons (Fsp3) is 1.00. The molecule has 5 nitrogen and oxygen atoms in total. The Bertz CT molecular complexity index is 358. The lowest BCUT2D eigenvalue weighted by atomic mass is 10.0. The maximum atomic E-state index is 10.5. The third-order valence-electron chi connectivity index (χ3n) is 3.21. The predicted octanol–water partition coefficient (Wildman–Crippen LogP) is 3.38. The first-order valence-electron chi connectivity index (χ1n) is 8.46. The molecule has 1 aliphatic rings. The highest BCUT2D eigenvalue weighted by Gasteiger charge is 2.49. The third-order valence-corrected chi connectivity index (χ3v) is 6.15. The van der Waals surface area contributed by atoms with Crippen LogP contribution in [0.5, 0.6) is 0 Å². The molecule has 0 spiro atoms. The molecule has 0 aromatic heterocycles. The first kappa shape index (κ1) is 21.5. The Labute approximate surface area is 145 Å². The maximum absolute atomic E-state index is 10.5. The normalized spacial score (nSPS) is 33.8. The molecule has 1 unspecified atom stereocenters. The van der Waals surface area contributed by atoms with Crippen molar-refractivity contribution in [3.63, 3.8) is 0 Å². The van der Waals surface area contributed by atoms with E-state index in [1.165, 1.54) is 0 Å². The molecule has 1 N–H and O–H groups in total. The maximum Gasteiger partial charge on any atom is 0.184 e. The average Bonchev–Trinajstić information content (AvgIpc) is 2.25. The van der Waals surface area contributed by atoms with E-state index >= 15 is 0 Å². The van der Waals surface area contributed by atoms with Crippen molar-refractivity contribution >= 4 is 25.0 Å². The number of hydrogen-bond donors (Lipinski definition) is 1. The van der Waals surface area contributed by atoms with Crippen LogP contribution in [-0.4, -0.2) is 60.8 Å². The highest BCUT2D eigenvalue weighted by atomic mass is 28.4. The van der Waals surface area contributed by atoms with Gasteiger partial charge >= 0.3 is 0 Å². The van der Waals surface area contributed by atoms with Gasteiger partial charge in [0.15, 0.2) is 31.2 Å². The number of aliphatic hydroxyl groups excluding tert-OH is 1. The quantitative estimate of drug-likeness (QED) is 0.716. The van der Waals surface area contributed by atoms with Crippen molar-refractivity contribution in [2.75, 3.05) is 0 Å². The van der Waals surface area contributed by atoms with E-state index in [2.05, 4.69) is 58.9 Å². The number of ether oxygens (including phenoxy) is 1. The summed E-state index contributed by atoms with van der Waals surface area (Å²) in [7, 11) is -5.48. The van der Waals surface area contributed by atoms with Gasteiger partial charge in [0.25, 0.3) is 0 Å². The molecule has 1 aliphatic heterocycles. The molecule has 0 saturated carbocycles. The molecule has 1 fully saturated rings. The second kappa shape index (κ2) is 7.37. The predicted molar refractivity (Wildman–Crippen MR) is 101 cm³/mol. The lowest BCUT2D eigenvalue weighted by Gasteiger charge is -2.48. The van der Waals surface area contributed by atoms with Crippen molar-refractivity contribution in [3.8, 4) is 0 Å². The average molecular weight is 381 g/mol. The van der Waals surface area contributed by atoms with Crippen molar-refractivity contribution in [2.24, 2.45) is 0 Å². The molecule has 1 heterocycles. The second-order valence-electron chi connectivity index (χ2n) is 9.32. The van der Waals surface area contributed by atoms with Crippen LogP contribution in [0.1, 0.15) is 6.92 Å². The monoisotopic (exact) mass is 380 g/mol. The van der Waals surface area contributed by atoms with E-state index in [4.69, 9.17) is 18.0 Å². The van der Waals surface area contributed by atoms with E-state index < -0.39 is 37.3 Å². The summed E-state index contributed by atoms with van der Waals surface area (Å²) in [5, 5.41) is 10.5. The van der Waals surface area contributed by atoms with Gasteiger partial charge in [-0.1, -0.05) is 0 Å². The topological polar surface area (TPSA) is 57.2 Å². The molecular formula is C15H36O5Si3. The standard InChI is InChI=1S/C15H36O5Si3/c1-11-12(18-21(2,3)4)13(19-22(5,6)7)14(15(16)17-11)20-23(8,9)10/h11-16H,1-10H3/t11-,12-,13+,14+,15?/m1/s1. The molecule has 1 rings (SSSR count).